The lowest BCUT2D eigenvalue weighted by atomic mass is 9.78. The van der Waals surface area contributed by atoms with Crippen molar-refractivity contribution in [2.24, 2.45) is 0 Å². The molecule has 0 aliphatic heterocycles. The maximum absolute atomic E-state index is 4.66. The van der Waals surface area contributed by atoms with E-state index in [0.29, 0.717) is 0 Å². The van der Waals surface area contributed by atoms with Crippen molar-refractivity contribution in [3.8, 4) is 55.6 Å². The van der Waals surface area contributed by atoms with E-state index in [9.17, 15) is 0 Å². The topological polar surface area (TPSA) is 6.48 Å². The largest absolute Gasteiger partial charge is 0.311 e. The predicted octanol–water partition coefficient (Wildman–Crippen LogP) is 29.4. The molecule has 0 unspecified atom stereocenters. The molecule has 0 spiro atoms. The smallest absolute Gasteiger partial charge is 0.0465 e. The Morgan fingerprint density at radius 1 is 0.319 bits per heavy atom. The SMILES string of the molecule is C=C/C=C(/C=C/c1ccc2c(c1)C(C)(C)c1cc(N(c3ccc4c(c3)C(C)(C)c3ccccc3-4)c3ccc4c(c3)C(C)(C)c3ccccc3-4)ccc1-2)\C=C1/Cc2ccc(/C=C/c3ccc4c(c3)C(C)(C)c3cc(N(C5=CCC(C)(C)c6ccccc6C(=C)C=C5)c5ccc6c(c5)C(C)(C)c5ccccc5-6)ccc3-4)cc2C1(C)C. The van der Waals surface area contributed by atoms with Gasteiger partial charge in [0.2, 0.25) is 0 Å². The average molecular weight is 1460 g/mol. The molecular formula is C111H100N2. The molecule has 0 aromatic heterocycles. The molecule has 12 aromatic rings. The third-order valence-corrected chi connectivity index (χ3v) is 27.5. The van der Waals surface area contributed by atoms with E-state index in [-0.39, 0.29) is 37.9 Å². The number of hydrogen-bond donors (Lipinski definition) is 0. The van der Waals surface area contributed by atoms with Gasteiger partial charge in [0.25, 0.3) is 0 Å². The van der Waals surface area contributed by atoms with E-state index >= 15 is 0 Å². The van der Waals surface area contributed by atoms with E-state index in [2.05, 4.69) is 417 Å². The summed E-state index contributed by atoms with van der Waals surface area (Å²) in [5, 5.41) is 0. The number of benzene rings is 12. The van der Waals surface area contributed by atoms with E-state index in [1.165, 1.54) is 167 Å². The van der Waals surface area contributed by atoms with Crippen molar-refractivity contribution in [3.05, 3.63) is 410 Å². The number of anilines is 5. The zero-order valence-corrected chi connectivity index (χ0v) is 68.1. The normalized spacial score (nSPS) is 18.0. The molecule has 7 aliphatic carbocycles. The van der Waals surface area contributed by atoms with Crippen LogP contribution in [-0.4, -0.2) is 0 Å². The van der Waals surface area contributed by atoms with E-state index in [1.54, 1.807) is 0 Å². The fraction of sp³-hybridized carbons (Fsp3) is 0.207. The Kier molecular flexibility index (Phi) is 16.2. The van der Waals surface area contributed by atoms with Gasteiger partial charge in [-0.2, -0.15) is 0 Å². The van der Waals surface area contributed by atoms with Gasteiger partial charge >= 0.3 is 0 Å². The number of rotatable bonds is 12. The van der Waals surface area contributed by atoms with Gasteiger partial charge in [0, 0.05) is 66.6 Å². The van der Waals surface area contributed by atoms with Crippen LogP contribution in [0.25, 0.3) is 79.4 Å². The van der Waals surface area contributed by atoms with Gasteiger partial charge in [0.1, 0.15) is 0 Å². The lowest BCUT2D eigenvalue weighted by Gasteiger charge is -2.31. The van der Waals surface area contributed by atoms with E-state index in [1.807, 2.05) is 6.08 Å². The van der Waals surface area contributed by atoms with Crippen molar-refractivity contribution < 1.29 is 0 Å². The standard InChI is InChI=1S/C111H100N2/c1-17-26-70(36-37-72-41-50-87-92-56-49-81(68-104(92)111(15,16)98(87)61-72)113(79-47-53-89-84-29-20-24-33-95(84)108(9,10)101(89)66-79)80-48-54-90-85-30-21-25-34-96(85)109(11,12)102(90)67-80)59-75-63-74-43-40-71(60-97(74)106(75,5)6)38-39-73-42-51-86-91-55-46-78(65-103(91)110(13,14)99(86)62-73)112(76-44-35-69(2)82-27-18-22-31-93(82)105(3,4)58-57-76)77-45-52-88-83-28-19-23-32-94(83)107(7,8)100(88)64-77/h17-57,59-62,64-68H,1-2,58,63H2,3-16H3/b37-36+,39-38+,44-35?,70-26-,75-59+,76-57?. The highest BCUT2D eigenvalue weighted by Crippen LogP contribution is 2.58. The Labute approximate surface area is 670 Å². The molecule has 0 saturated carbocycles. The summed E-state index contributed by atoms with van der Waals surface area (Å²) in [7, 11) is 0. The van der Waals surface area contributed by atoms with Gasteiger partial charge in [0.15, 0.2) is 0 Å². The molecule has 2 nitrogen and oxygen atoms in total. The number of nitrogens with zero attached hydrogens (tertiary/aromatic N) is 2. The highest BCUT2D eigenvalue weighted by atomic mass is 15.2. The second kappa shape index (κ2) is 25.6. The molecule has 0 saturated heterocycles. The van der Waals surface area contributed by atoms with Crippen LogP contribution in [0.1, 0.15) is 198 Å². The van der Waals surface area contributed by atoms with Crippen LogP contribution in [0.4, 0.5) is 28.4 Å². The Balaban J connectivity index is 0.580. The van der Waals surface area contributed by atoms with Crippen LogP contribution in [0.2, 0.25) is 0 Å². The number of hydrogen-bond acceptors (Lipinski definition) is 2. The van der Waals surface area contributed by atoms with Crippen molar-refractivity contribution in [2.75, 3.05) is 9.80 Å². The van der Waals surface area contributed by atoms with Crippen molar-refractivity contribution in [2.45, 2.75) is 148 Å². The minimum atomic E-state index is -0.263. The second-order valence-corrected chi connectivity index (χ2v) is 36.8. The van der Waals surface area contributed by atoms with Gasteiger partial charge in [-0.05, 0) is 246 Å². The van der Waals surface area contributed by atoms with Crippen LogP contribution in [0, 0.1) is 0 Å². The fourth-order valence-corrected chi connectivity index (χ4v) is 20.8. The van der Waals surface area contributed by atoms with Gasteiger partial charge in [-0.25, -0.2) is 0 Å². The van der Waals surface area contributed by atoms with Gasteiger partial charge in [-0.1, -0.05) is 352 Å². The summed E-state index contributed by atoms with van der Waals surface area (Å²) in [6.45, 7) is 42.4. The molecule has 0 heterocycles. The lowest BCUT2D eigenvalue weighted by Crippen LogP contribution is -2.21. The molecule has 12 aromatic carbocycles. The summed E-state index contributed by atoms with van der Waals surface area (Å²) in [5.74, 6) is 0. The quantitative estimate of drug-likeness (QED) is 0.0888. The zero-order valence-electron chi connectivity index (χ0n) is 68.1. The van der Waals surface area contributed by atoms with E-state index < -0.39 is 0 Å². The highest BCUT2D eigenvalue weighted by molar-refractivity contribution is 5.93. The molecule has 0 radical (unpaired) electrons. The monoisotopic (exact) mass is 1460 g/mol. The minimum absolute atomic E-state index is 0.127. The van der Waals surface area contributed by atoms with Crippen LogP contribution in [0.5, 0.6) is 0 Å². The summed E-state index contributed by atoms with van der Waals surface area (Å²) < 4.78 is 0. The van der Waals surface area contributed by atoms with Crippen molar-refractivity contribution in [3.63, 3.8) is 0 Å². The maximum Gasteiger partial charge on any atom is 0.0465 e. The van der Waals surface area contributed by atoms with Crippen LogP contribution < -0.4 is 9.80 Å². The molecule has 0 N–H and O–H groups in total. The van der Waals surface area contributed by atoms with Crippen LogP contribution in [0.3, 0.4) is 0 Å². The van der Waals surface area contributed by atoms with Gasteiger partial charge < -0.3 is 9.80 Å². The summed E-state index contributed by atoms with van der Waals surface area (Å²) >= 11 is 0. The molecule has 7 aliphatic rings. The summed E-state index contributed by atoms with van der Waals surface area (Å²) in [6.07, 6.45) is 24.5. The van der Waals surface area contributed by atoms with Crippen LogP contribution in [-0.2, 0) is 44.3 Å². The first-order chi connectivity index (χ1) is 54.1. The Bertz CT molecular complexity index is 6210. The summed E-state index contributed by atoms with van der Waals surface area (Å²) in [6, 6.07) is 93.0. The van der Waals surface area contributed by atoms with Gasteiger partial charge in [0.05, 0.1) is 0 Å². The molecule has 554 valence electrons. The molecule has 0 fully saturated rings. The molecule has 0 atom stereocenters. The molecule has 113 heavy (non-hydrogen) atoms. The van der Waals surface area contributed by atoms with Crippen molar-refractivity contribution >= 4 is 52.2 Å². The van der Waals surface area contributed by atoms with Crippen LogP contribution >= 0.6 is 0 Å². The van der Waals surface area contributed by atoms with E-state index in [4.69, 9.17) is 0 Å². The number of fused-ring (bicyclic) bond motifs is 17. The van der Waals surface area contributed by atoms with Gasteiger partial charge in [-0.3, -0.25) is 0 Å². The zero-order chi connectivity index (χ0) is 78.2. The molecule has 2 heteroatoms. The van der Waals surface area contributed by atoms with E-state index in [0.717, 1.165) is 46.7 Å². The first-order valence-corrected chi connectivity index (χ1v) is 40.8. The molecule has 19 rings (SSSR count). The Hall–Kier alpha value is -11.8. The maximum atomic E-state index is 4.66. The predicted molar refractivity (Wildman–Crippen MR) is 482 cm³/mol. The fourth-order valence-electron chi connectivity index (χ4n) is 20.8. The van der Waals surface area contributed by atoms with Crippen molar-refractivity contribution in [1.82, 2.24) is 0 Å². The first-order valence-electron chi connectivity index (χ1n) is 40.8. The second-order valence-electron chi connectivity index (χ2n) is 36.8. The first kappa shape index (κ1) is 71.5. The summed E-state index contributed by atoms with van der Waals surface area (Å²) in [5.41, 5.74) is 44.9. The minimum Gasteiger partial charge on any atom is -0.311 e. The summed E-state index contributed by atoms with van der Waals surface area (Å²) in [4.78, 5) is 5.03. The molecule has 0 amide bonds. The number of allylic oxidation sites excluding steroid dienone is 10. The molecule has 0 bridgehead atoms. The highest BCUT2D eigenvalue weighted by Gasteiger charge is 2.43. The van der Waals surface area contributed by atoms with Gasteiger partial charge in [-0.15, -0.1) is 0 Å². The van der Waals surface area contributed by atoms with Crippen LogP contribution in [0.15, 0.2) is 315 Å². The lowest BCUT2D eigenvalue weighted by molar-refractivity contribution is 0.532. The Morgan fingerprint density at radius 3 is 1.08 bits per heavy atom. The average Bonchev–Trinajstić information content (AvgIpc) is 1.58. The van der Waals surface area contributed by atoms with Crippen molar-refractivity contribution in [1.29, 1.82) is 0 Å². The third-order valence-electron chi connectivity index (χ3n) is 27.5. The Morgan fingerprint density at radius 2 is 0.655 bits per heavy atom. The third kappa shape index (κ3) is 11.2. The molecular weight excluding hydrogens is 1360 g/mol.